The van der Waals surface area contributed by atoms with Crippen LogP contribution >= 0.6 is 34.8 Å². The highest BCUT2D eigenvalue weighted by Gasteiger charge is 2.04. The fraction of sp³-hybridized carbons (Fsp3) is 0.0714. The number of hydrogen-bond donors (Lipinski definition) is 1. The zero-order valence-electron chi connectivity index (χ0n) is 10.1. The van der Waals surface area contributed by atoms with Gasteiger partial charge in [0.15, 0.2) is 0 Å². The van der Waals surface area contributed by atoms with Gasteiger partial charge in [-0.1, -0.05) is 40.9 Å². The van der Waals surface area contributed by atoms with Crippen LogP contribution in [0.1, 0.15) is 12.5 Å². The molecule has 98 valence electrons. The molecule has 0 amide bonds. The summed E-state index contributed by atoms with van der Waals surface area (Å²) in [5, 5.41) is 6.16. The van der Waals surface area contributed by atoms with E-state index in [0.717, 1.165) is 17.0 Å². The summed E-state index contributed by atoms with van der Waals surface area (Å²) >= 11 is 18.0. The molecule has 0 unspecified atom stereocenters. The van der Waals surface area contributed by atoms with Crippen LogP contribution in [0.2, 0.25) is 15.1 Å². The summed E-state index contributed by atoms with van der Waals surface area (Å²) in [6.45, 7) is 1.86. The molecule has 0 bridgehead atoms. The Hall–Kier alpha value is -1.22. The fourth-order valence-corrected chi connectivity index (χ4v) is 2.16. The van der Waals surface area contributed by atoms with Crippen molar-refractivity contribution in [2.24, 2.45) is 5.10 Å². The Kier molecular flexibility index (Phi) is 4.70. The fourth-order valence-electron chi connectivity index (χ4n) is 1.54. The van der Waals surface area contributed by atoms with Crippen LogP contribution in [0.15, 0.2) is 47.6 Å². The molecule has 0 aliphatic rings. The van der Waals surface area contributed by atoms with Crippen molar-refractivity contribution < 1.29 is 0 Å². The van der Waals surface area contributed by atoms with Crippen molar-refractivity contribution in [2.45, 2.75) is 6.92 Å². The van der Waals surface area contributed by atoms with Crippen LogP contribution in [0, 0.1) is 0 Å². The van der Waals surface area contributed by atoms with E-state index in [1.54, 1.807) is 30.3 Å². The predicted octanol–water partition coefficient (Wildman–Crippen LogP) is 5.48. The number of rotatable bonds is 3. The molecule has 0 spiro atoms. The Morgan fingerprint density at radius 3 is 2.47 bits per heavy atom. The zero-order chi connectivity index (χ0) is 13.8. The highest BCUT2D eigenvalue weighted by Crippen LogP contribution is 2.22. The molecule has 0 aromatic heterocycles. The second-order valence-corrected chi connectivity index (χ2v) is 5.22. The van der Waals surface area contributed by atoms with Gasteiger partial charge in [-0.3, -0.25) is 5.43 Å². The summed E-state index contributed by atoms with van der Waals surface area (Å²) in [4.78, 5) is 0. The maximum Gasteiger partial charge on any atom is 0.0664 e. The minimum atomic E-state index is 0.610. The normalized spacial score (nSPS) is 11.5. The minimum Gasteiger partial charge on any atom is -0.278 e. The van der Waals surface area contributed by atoms with Gasteiger partial charge in [0, 0.05) is 20.6 Å². The zero-order valence-corrected chi connectivity index (χ0v) is 12.4. The second-order valence-electron chi connectivity index (χ2n) is 3.94. The Morgan fingerprint density at radius 2 is 1.74 bits per heavy atom. The monoisotopic (exact) mass is 312 g/mol. The first-order valence-electron chi connectivity index (χ1n) is 5.57. The van der Waals surface area contributed by atoms with E-state index < -0.39 is 0 Å². The number of hydrazone groups is 1. The molecule has 2 nitrogen and oxygen atoms in total. The second kappa shape index (κ2) is 6.29. The Morgan fingerprint density at radius 1 is 1.00 bits per heavy atom. The van der Waals surface area contributed by atoms with Gasteiger partial charge in [-0.05, 0) is 43.3 Å². The summed E-state index contributed by atoms with van der Waals surface area (Å²) < 4.78 is 0. The van der Waals surface area contributed by atoms with E-state index >= 15 is 0 Å². The van der Waals surface area contributed by atoms with Gasteiger partial charge in [-0.15, -0.1) is 0 Å². The first kappa shape index (κ1) is 14.2. The van der Waals surface area contributed by atoms with Crippen LogP contribution in [-0.2, 0) is 0 Å². The predicted molar refractivity (Wildman–Crippen MR) is 83.7 cm³/mol. The van der Waals surface area contributed by atoms with Gasteiger partial charge in [0.1, 0.15) is 0 Å². The van der Waals surface area contributed by atoms with Gasteiger partial charge in [-0.2, -0.15) is 5.10 Å². The number of nitrogens with zero attached hydrogens (tertiary/aromatic N) is 1. The SMILES string of the molecule is C/C(=N/Nc1cccc(Cl)c1)c1cc(Cl)ccc1Cl. The summed E-state index contributed by atoms with van der Waals surface area (Å²) in [5.74, 6) is 0. The molecule has 5 heteroatoms. The molecule has 0 saturated carbocycles. The highest BCUT2D eigenvalue weighted by molar-refractivity contribution is 6.36. The van der Waals surface area contributed by atoms with E-state index in [-0.39, 0.29) is 0 Å². The van der Waals surface area contributed by atoms with Crippen molar-refractivity contribution in [1.82, 2.24) is 0 Å². The first-order valence-corrected chi connectivity index (χ1v) is 6.71. The van der Waals surface area contributed by atoms with Gasteiger partial charge in [-0.25, -0.2) is 0 Å². The van der Waals surface area contributed by atoms with Crippen LogP contribution in [-0.4, -0.2) is 5.71 Å². The number of anilines is 1. The lowest BCUT2D eigenvalue weighted by Gasteiger charge is -2.06. The van der Waals surface area contributed by atoms with E-state index in [4.69, 9.17) is 34.8 Å². The van der Waals surface area contributed by atoms with Crippen molar-refractivity contribution in [3.63, 3.8) is 0 Å². The molecular weight excluding hydrogens is 303 g/mol. The molecule has 0 aliphatic carbocycles. The third kappa shape index (κ3) is 3.87. The van der Waals surface area contributed by atoms with E-state index in [1.165, 1.54) is 0 Å². The third-order valence-corrected chi connectivity index (χ3v) is 3.30. The molecule has 1 N–H and O–H groups in total. The lowest BCUT2D eigenvalue weighted by atomic mass is 10.1. The average molecular weight is 314 g/mol. The summed E-state index contributed by atoms with van der Waals surface area (Å²) in [6, 6.07) is 12.6. The molecule has 2 aromatic rings. The topological polar surface area (TPSA) is 24.4 Å². The molecular formula is C14H11Cl3N2. The molecule has 19 heavy (non-hydrogen) atoms. The van der Waals surface area contributed by atoms with Gasteiger partial charge >= 0.3 is 0 Å². The Balaban J connectivity index is 2.21. The molecule has 0 radical (unpaired) electrons. The average Bonchev–Trinajstić information content (AvgIpc) is 2.39. The minimum absolute atomic E-state index is 0.610. The lowest BCUT2D eigenvalue weighted by Crippen LogP contribution is -2.00. The standard InChI is InChI=1S/C14H11Cl3N2/c1-9(13-8-11(16)5-6-14(13)17)18-19-12-4-2-3-10(15)7-12/h2-8,19H,1H3/b18-9-. The van der Waals surface area contributed by atoms with Crippen molar-refractivity contribution in [3.05, 3.63) is 63.1 Å². The van der Waals surface area contributed by atoms with Gasteiger partial charge in [0.05, 0.1) is 11.4 Å². The number of halogens is 3. The Labute approximate surface area is 127 Å². The van der Waals surface area contributed by atoms with Crippen molar-refractivity contribution in [3.8, 4) is 0 Å². The maximum atomic E-state index is 6.11. The van der Waals surface area contributed by atoms with Crippen molar-refractivity contribution >= 4 is 46.2 Å². The van der Waals surface area contributed by atoms with Gasteiger partial charge in [0.2, 0.25) is 0 Å². The number of hydrogen-bond acceptors (Lipinski definition) is 2. The van der Waals surface area contributed by atoms with Gasteiger partial charge < -0.3 is 0 Å². The van der Waals surface area contributed by atoms with Crippen LogP contribution in [0.4, 0.5) is 5.69 Å². The largest absolute Gasteiger partial charge is 0.278 e. The van der Waals surface area contributed by atoms with Crippen LogP contribution in [0.5, 0.6) is 0 Å². The molecule has 0 heterocycles. The van der Waals surface area contributed by atoms with E-state index in [2.05, 4.69) is 10.5 Å². The highest BCUT2D eigenvalue weighted by atomic mass is 35.5. The first-order chi connectivity index (χ1) is 9.06. The lowest BCUT2D eigenvalue weighted by molar-refractivity contribution is 1.32. The van der Waals surface area contributed by atoms with Crippen molar-refractivity contribution in [1.29, 1.82) is 0 Å². The summed E-state index contributed by atoms with van der Waals surface area (Å²) in [6.07, 6.45) is 0. The number of nitrogens with one attached hydrogen (secondary N) is 1. The molecule has 0 fully saturated rings. The van der Waals surface area contributed by atoms with E-state index in [0.29, 0.717) is 15.1 Å². The van der Waals surface area contributed by atoms with Crippen LogP contribution < -0.4 is 5.43 Å². The van der Waals surface area contributed by atoms with E-state index in [9.17, 15) is 0 Å². The third-order valence-electron chi connectivity index (χ3n) is 2.50. The molecule has 2 aromatic carbocycles. The molecule has 0 saturated heterocycles. The van der Waals surface area contributed by atoms with Crippen LogP contribution in [0.25, 0.3) is 0 Å². The van der Waals surface area contributed by atoms with E-state index in [1.807, 2.05) is 19.1 Å². The summed E-state index contributed by atoms with van der Waals surface area (Å²) in [7, 11) is 0. The molecule has 2 rings (SSSR count). The quantitative estimate of drug-likeness (QED) is 0.588. The van der Waals surface area contributed by atoms with Gasteiger partial charge in [0.25, 0.3) is 0 Å². The number of benzene rings is 2. The smallest absolute Gasteiger partial charge is 0.0664 e. The molecule has 0 atom stereocenters. The van der Waals surface area contributed by atoms with Crippen molar-refractivity contribution in [2.75, 3.05) is 5.43 Å². The molecule has 0 aliphatic heterocycles. The summed E-state index contributed by atoms with van der Waals surface area (Å²) in [5.41, 5.74) is 5.28. The van der Waals surface area contributed by atoms with Crippen LogP contribution in [0.3, 0.4) is 0 Å². The maximum absolute atomic E-state index is 6.11. The Bertz CT molecular complexity index is 624.